The molecular formula is C32H43NO4. The van der Waals surface area contributed by atoms with E-state index < -0.39 is 6.10 Å². The topological polar surface area (TPSA) is 60.8 Å². The third-order valence-corrected chi connectivity index (χ3v) is 7.49. The number of aliphatic hydroxyl groups is 1. The molecule has 200 valence electrons. The molecule has 5 nitrogen and oxygen atoms in total. The van der Waals surface area contributed by atoms with Crippen LogP contribution in [-0.2, 0) is 21.6 Å². The summed E-state index contributed by atoms with van der Waals surface area (Å²) in [5.74, 6) is 0.826. The Morgan fingerprint density at radius 1 is 0.892 bits per heavy atom. The Bertz CT molecular complexity index is 1130. The molecule has 1 aromatic heterocycles. The summed E-state index contributed by atoms with van der Waals surface area (Å²) in [4.78, 5) is 14.1. The van der Waals surface area contributed by atoms with Crippen LogP contribution in [0.1, 0.15) is 69.7 Å². The van der Waals surface area contributed by atoms with Crippen molar-refractivity contribution < 1.29 is 19.6 Å². The molecule has 0 saturated heterocycles. The average Bonchev–Trinajstić information content (AvgIpc) is 2.89. The predicted octanol–water partition coefficient (Wildman–Crippen LogP) is 7.07. The molecule has 1 N–H and O–H groups in total. The molecule has 3 rings (SSSR count). The monoisotopic (exact) mass is 505 g/mol. The molecule has 0 aliphatic carbocycles. The van der Waals surface area contributed by atoms with Gasteiger partial charge in [-0.2, -0.15) is 0 Å². The first-order chi connectivity index (χ1) is 17.6. The fourth-order valence-corrected chi connectivity index (χ4v) is 4.77. The van der Waals surface area contributed by atoms with Crippen molar-refractivity contribution in [2.45, 2.75) is 72.3 Å². The predicted molar refractivity (Wildman–Crippen MR) is 150 cm³/mol. The molecule has 0 radical (unpaired) electrons. The summed E-state index contributed by atoms with van der Waals surface area (Å²) >= 11 is 0. The van der Waals surface area contributed by atoms with E-state index in [2.05, 4.69) is 74.3 Å². The van der Waals surface area contributed by atoms with Gasteiger partial charge in [-0.15, -0.1) is 0 Å². The molecule has 1 atom stereocenters. The van der Waals surface area contributed by atoms with Crippen molar-refractivity contribution in [3.05, 3.63) is 83.2 Å². The third-order valence-electron chi connectivity index (χ3n) is 7.49. The Morgan fingerprint density at radius 3 is 2.16 bits per heavy atom. The summed E-state index contributed by atoms with van der Waals surface area (Å²) < 4.78 is 6.00. The highest BCUT2D eigenvalue weighted by atomic mass is 17.2. The highest BCUT2D eigenvalue weighted by Crippen LogP contribution is 2.41. The van der Waals surface area contributed by atoms with Crippen LogP contribution in [-0.4, -0.2) is 36.5 Å². The number of aromatic nitrogens is 1. The van der Waals surface area contributed by atoms with Crippen LogP contribution in [0.15, 0.2) is 60.9 Å². The maximum atomic E-state index is 10.4. The molecule has 0 amide bonds. The highest BCUT2D eigenvalue weighted by Gasteiger charge is 2.31. The number of aliphatic hydroxyl groups excluding tert-OH is 1. The van der Waals surface area contributed by atoms with Gasteiger partial charge in [-0.25, -0.2) is 9.78 Å². The zero-order valence-corrected chi connectivity index (χ0v) is 23.5. The van der Waals surface area contributed by atoms with Gasteiger partial charge in [0.25, 0.3) is 0 Å². The number of rotatable bonds is 12. The summed E-state index contributed by atoms with van der Waals surface area (Å²) in [5, 5.41) is 10.4. The second-order valence-corrected chi connectivity index (χ2v) is 10.9. The molecule has 0 spiro atoms. The average molecular weight is 506 g/mol. The van der Waals surface area contributed by atoms with E-state index in [1.807, 2.05) is 33.2 Å². The van der Waals surface area contributed by atoms with Crippen LogP contribution in [0.5, 0.6) is 5.75 Å². The molecule has 37 heavy (non-hydrogen) atoms. The molecule has 5 heteroatoms. The van der Waals surface area contributed by atoms with Crippen molar-refractivity contribution in [2.75, 3.05) is 20.3 Å². The molecule has 0 aliphatic heterocycles. The minimum absolute atomic E-state index is 0.0929. The molecule has 2 aromatic carbocycles. The molecular weight excluding hydrogens is 462 g/mol. The highest BCUT2D eigenvalue weighted by molar-refractivity contribution is 5.64. The van der Waals surface area contributed by atoms with Crippen molar-refractivity contribution in [3.63, 3.8) is 0 Å². The Morgan fingerprint density at radius 2 is 1.57 bits per heavy atom. The van der Waals surface area contributed by atoms with E-state index in [0.29, 0.717) is 6.61 Å². The lowest BCUT2D eigenvalue weighted by Gasteiger charge is -2.34. The van der Waals surface area contributed by atoms with Gasteiger partial charge < -0.3 is 9.84 Å². The van der Waals surface area contributed by atoms with Crippen LogP contribution in [0.3, 0.4) is 0 Å². The van der Waals surface area contributed by atoms with Gasteiger partial charge >= 0.3 is 0 Å². The summed E-state index contributed by atoms with van der Waals surface area (Å²) in [6, 6.07) is 17.5. The van der Waals surface area contributed by atoms with Crippen molar-refractivity contribution in [3.8, 4) is 16.9 Å². The fraction of sp³-hybridized carbons (Fsp3) is 0.469. The van der Waals surface area contributed by atoms with E-state index >= 15 is 0 Å². The fourth-order valence-electron chi connectivity index (χ4n) is 4.77. The molecule has 0 fully saturated rings. The number of ether oxygens (including phenoxy) is 1. The zero-order chi connectivity index (χ0) is 27.1. The van der Waals surface area contributed by atoms with Crippen molar-refractivity contribution in [1.29, 1.82) is 0 Å². The van der Waals surface area contributed by atoms with Gasteiger partial charge in [-0.1, -0.05) is 71.0 Å². The number of hydrogen-bond acceptors (Lipinski definition) is 5. The quantitative estimate of drug-likeness (QED) is 0.162. The zero-order valence-electron chi connectivity index (χ0n) is 23.5. The van der Waals surface area contributed by atoms with E-state index in [0.717, 1.165) is 47.3 Å². The maximum Gasteiger partial charge on any atom is 0.122 e. The van der Waals surface area contributed by atoms with Crippen molar-refractivity contribution in [2.24, 2.45) is 5.41 Å². The van der Waals surface area contributed by atoms with Gasteiger partial charge in [-0.05, 0) is 65.1 Å². The lowest BCUT2D eigenvalue weighted by atomic mass is 9.70. The Hall–Kier alpha value is -2.73. The van der Waals surface area contributed by atoms with Crippen LogP contribution in [0.25, 0.3) is 11.1 Å². The van der Waals surface area contributed by atoms with Crippen LogP contribution >= 0.6 is 0 Å². The minimum Gasteiger partial charge on any atom is -0.491 e. The van der Waals surface area contributed by atoms with Crippen LogP contribution in [0.2, 0.25) is 0 Å². The molecule has 0 aliphatic rings. The van der Waals surface area contributed by atoms with Crippen LogP contribution in [0, 0.1) is 12.3 Å². The Labute approximate surface area is 222 Å². The SMILES string of the molecule is CCC(CC)(c1ccc(-c2cncc(CCOOC)c2)cc1)c1ccc(OCC(O)C(C)(C)C)c(C)c1. The first-order valence-corrected chi connectivity index (χ1v) is 13.3. The number of aryl methyl sites for hydroxylation is 1. The maximum absolute atomic E-state index is 10.4. The van der Waals surface area contributed by atoms with Gasteiger partial charge in [0.2, 0.25) is 0 Å². The standard InChI is InChI=1S/C32H43NO4/c1-8-32(9-2,28-14-15-29(23(3)18-28)36-22-30(34)31(4,5)6)27-12-10-25(11-13-27)26-19-24(20-33-21-26)16-17-37-35-7/h10-15,18-21,30,34H,8-9,16-17,22H2,1-7H3. The number of pyridine rings is 1. The number of benzene rings is 2. The summed E-state index contributed by atoms with van der Waals surface area (Å²) in [6.45, 7) is 13.4. The van der Waals surface area contributed by atoms with E-state index in [1.54, 1.807) is 0 Å². The minimum atomic E-state index is -0.523. The number of hydrogen-bond donors (Lipinski definition) is 1. The first kappa shape index (κ1) is 28.8. The van der Waals surface area contributed by atoms with E-state index in [-0.39, 0.29) is 17.4 Å². The summed E-state index contributed by atoms with van der Waals surface area (Å²) in [5.41, 5.74) is 6.71. The second-order valence-electron chi connectivity index (χ2n) is 10.9. The smallest absolute Gasteiger partial charge is 0.122 e. The van der Waals surface area contributed by atoms with Crippen molar-refractivity contribution >= 4 is 0 Å². The molecule has 0 bridgehead atoms. The van der Waals surface area contributed by atoms with E-state index in [4.69, 9.17) is 14.5 Å². The van der Waals surface area contributed by atoms with Gasteiger partial charge in [0, 0.05) is 29.8 Å². The molecule has 3 aromatic rings. The summed E-state index contributed by atoms with van der Waals surface area (Å²) in [7, 11) is 1.52. The Balaban J connectivity index is 1.84. The van der Waals surface area contributed by atoms with Gasteiger partial charge in [-0.3, -0.25) is 4.98 Å². The second kappa shape index (κ2) is 12.7. The largest absolute Gasteiger partial charge is 0.491 e. The van der Waals surface area contributed by atoms with Gasteiger partial charge in [0.1, 0.15) is 12.4 Å². The van der Waals surface area contributed by atoms with E-state index in [1.165, 1.54) is 18.2 Å². The number of nitrogens with zero attached hydrogens (tertiary/aromatic N) is 1. The van der Waals surface area contributed by atoms with Crippen LogP contribution in [0.4, 0.5) is 0 Å². The van der Waals surface area contributed by atoms with Gasteiger partial charge in [0.05, 0.1) is 19.8 Å². The lowest BCUT2D eigenvalue weighted by Crippen LogP contribution is -2.32. The van der Waals surface area contributed by atoms with Crippen molar-refractivity contribution in [1.82, 2.24) is 4.98 Å². The first-order valence-electron chi connectivity index (χ1n) is 13.3. The van der Waals surface area contributed by atoms with Crippen LogP contribution < -0.4 is 4.74 Å². The van der Waals surface area contributed by atoms with E-state index in [9.17, 15) is 5.11 Å². The summed E-state index contributed by atoms with van der Waals surface area (Å²) in [6.07, 6.45) is 5.97. The lowest BCUT2D eigenvalue weighted by molar-refractivity contribution is -0.271. The molecule has 1 unspecified atom stereocenters. The Kier molecular flexibility index (Phi) is 9.88. The molecule has 1 heterocycles. The normalized spacial score (nSPS) is 13.0. The third kappa shape index (κ3) is 6.98. The molecule has 0 saturated carbocycles. The van der Waals surface area contributed by atoms with Gasteiger partial charge in [0.15, 0.2) is 0 Å².